The Kier molecular flexibility index (Phi) is 3.88. The molecule has 3 rings (SSSR count). The van der Waals surface area contributed by atoms with E-state index in [0.29, 0.717) is 18.3 Å². The highest BCUT2D eigenvalue weighted by molar-refractivity contribution is 7.89. The summed E-state index contributed by atoms with van der Waals surface area (Å²) in [5.74, 6) is 0.168. The number of alkyl halides is 3. The third-order valence-corrected chi connectivity index (χ3v) is 5.55. The summed E-state index contributed by atoms with van der Waals surface area (Å²) in [5.41, 5.74) is -0.993. The van der Waals surface area contributed by atoms with Crippen molar-refractivity contribution in [2.45, 2.75) is 23.4 Å². The highest BCUT2D eigenvalue weighted by atomic mass is 32.2. The van der Waals surface area contributed by atoms with E-state index in [1.54, 1.807) is 0 Å². The summed E-state index contributed by atoms with van der Waals surface area (Å²) in [5, 5.41) is 3.68. The summed E-state index contributed by atoms with van der Waals surface area (Å²) in [7, 11) is -4.00. The normalized spacial score (nSPS) is 20.0. The van der Waals surface area contributed by atoms with E-state index >= 15 is 0 Å². The standard InChI is InChI=1S/C13H12F3N3O3S/c14-13(15,16)10-2-1-3-11(6-10)23(20,21)19-5-4-9(7-19)12-17-8-22-18-12/h1-3,6,8-9H,4-5,7H2/t9-/m0/s1. The monoisotopic (exact) mass is 347 g/mol. The highest BCUT2D eigenvalue weighted by Crippen LogP contribution is 2.33. The summed E-state index contributed by atoms with van der Waals surface area (Å²) in [6.07, 6.45) is -2.96. The molecule has 23 heavy (non-hydrogen) atoms. The number of hydrogen-bond donors (Lipinski definition) is 0. The van der Waals surface area contributed by atoms with Gasteiger partial charge >= 0.3 is 6.18 Å². The Morgan fingerprint density at radius 3 is 2.74 bits per heavy atom. The van der Waals surface area contributed by atoms with Gasteiger partial charge < -0.3 is 4.52 Å². The van der Waals surface area contributed by atoms with Crippen LogP contribution in [0.2, 0.25) is 0 Å². The zero-order chi connectivity index (χ0) is 16.7. The minimum atomic E-state index is -4.59. The zero-order valence-electron chi connectivity index (χ0n) is 11.7. The van der Waals surface area contributed by atoms with Gasteiger partial charge in [-0.1, -0.05) is 11.2 Å². The number of sulfonamides is 1. The molecule has 1 aliphatic rings. The van der Waals surface area contributed by atoms with Crippen LogP contribution in [-0.4, -0.2) is 36.0 Å². The van der Waals surface area contributed by atoms with Gasteiger partial charge in [-0.3, -0.25) is 0 Å². The van der Waals surface area contributed by atoms with Crippen molar-refractivity contribution in [3.05, 3.63) is 42.0 Å². The van der Waals surface area contributed by atoms with Crippen molar-refractivity contribution in [2.24, 2.45) is 0 Å². The second-order valence-corrected chi connectivity index (χ2v) is 7.10. The van der Waals surface area contributed by atoms with E-state index in [4.69, 9.17) is 0 Å². The second kappa shape index (κ2) is 5.60. The number of rotatable bonds is 3. The molecule has 1 atom stereocenters. The van der Waals surface area contributed by atoms with Gasteiger partial charge in [0.05, 0.1) is 10.5 Å². The van der Waals surface area contributed by atoms with Crippen LogP contribution in [0.5, 0.6) is 0 Å². The summed E-state index contributed by atoms with van der Waals surface area (Å²) in [4.78, 5) is 3.51. The van der Waals surface area contributed by atoms with E-state index < -0.39 is 21.8 Å². The molecule has 0 saturated carbocycles. The van der Waals surface area contributed by atoms with Crippen LogP contribution in [0, 0.1) is 0 Å². The SMILES string of the molecule is O=S(=O)(c1cccc(C(F)(F)F)c1)N1CC[C@H](c2ncon2)C1. The van der Waals surface area contributed by atoms with Gasteiger partial charge in [-0.05, 0) is 24.6 Å². The fourth-order valence-corrected chi connectivity index (χ4v) is 4.04. The van der Waals surface area contributed by atoms with Crippen LogP contribution in [0.1, 0.15) is 23.7 Å². The van der Waals surface area contributed by atoms with Crippen LogP contribution < -0.4 is 0 Å². The van der Waals surface area contributed by atoms with Crippen molar-refractivity contribution in [3.8, 4) is 0 Å². The van der Waals surface area contributed by atoms with E-state index in [9.17, 15) is 21.6 Å². The van der Waals surface area contributed by atoms with Crippen molar-refractivity contribution in [3.63, 3.8) is 0 Å². The minimum Gasteiger partial charge on any atom is -0.343 e. The van der Waals surface area contributed by atoms with E-state index in [1.165, 1.54) is 0 Å². The van der Waals surface area contributed by atoms with Crippen molar-refractivity contribution in [2.75, 3.05) is 13.1 Å². The first kappa shape index (κ1) is 15.9. The number of halogens is 3. The van der Waals surface area contributed by atoms with Gasteiger partial charge in [0.1, 0.15) is 0 Å². The topological polar surface area (TPSA) is 76.3 Å². The Morgan fingerprint density at radius 2 is 2.09 bits per heavy atom. The van der Waals surface area contributed by atoms with Crippen LogP contribution >= 0.6 is 0 Å². The van der Waals surface area contributed by atoms with Gasteiger partial charge in [0, 0.05) is 19.0 Å². The van der Waals surface area contributed by atoms with Crippen molar-refractivity contribution in [1.82, 2.24) is 14.4 Å². The fraction of sp³-hybridized carbons (Fsp3) is 0.385. The first-order valence-electron chi connectivity index (χ1n) is 6.72. The van der Waals surface area contributed by atoms with Crippen LogP contribution in [0.4, 0.5) is 13.2 Å². The number of hydrogen-bond acceptors (Lipinski definition) is 5. The smallest absolute Gasteiger partial charge is 0.343 e. The van der Waals surface area contributed by atoms with Crippen LogP contribution in [0.3, 0.4) is 0 Å². The molecule has 1 aromatic carbocycles. The Labute approximate surface area is 130 Å². The Hall–Kier alpha value is -1.94. The second-order valence-electron chi connectivity index (χ2n) is 5.16. The fourth-order valence-electron chi connectivity index (χ4n) is 2.50. The maximum absolute atomic E-state index is 12.7. The maximum Gasteiger partial charge on any atom is 0.416 e. The molecule has 2 heterocycles. The Balaban J connectivity index is 1.85. The largest absolute Gasteiger partial charge is 0.416 e. The lowest BCUT2D eigenvalue weighted by atomic mass is 10.1. The summed E-state index contributed by atoms with van der Waals surface area (Å²) in [6, 6.07) is 3.73. The van der Waals surface area contributed by atoms with Crippen molar-refractivity contribution >= 4 is 10.0 Å². The average Bonchev–Trinajstić information content (AvgIpc) is 3.17. The Bertz CT molecular complexity index is 790. The molecule has 0 unspecified atom stereocenters. The van der Waals surface area contributed by atoms with Gasteiger partial charge in [-0.2, -0.15) is 22.5 Å². The quantitative estimate of drug-likeness (QED) is 0.851. The van der Waals surface area contributed by atoms with Gasteiger partial charge in [0.2, 0.25) is 16.4 Å². The van der Waals surface area contributed by atoms with E-state index in [0.717, 1.165) is 28.9 Å². The molecule has 0 radical (unpaired) electrons. The summed E-state index contributed by atoms with van der Waals surface area (Å²) >= 11 is 0. The predicted molar refractivity (Wildman–Crippen MR) is 71.9 cm³/mol. The maximum atomic E-state index is 12.7. The molecule has 0 N–H and O–H groups in total. The van der Waals surface area contributed by atoms with Crippen LogP contribution in [0.15, 0.2) is 40.1 Å². The third-order valence-electron chi connectivity index (χ3n) is 3.69. The molecule has 0 aliphatic carbocycles. The Morgan fingerprint density at radius 1 is 1.30 bits per heavy atom. The lowest BCUT2D eigenvalue weighted by Gasteiger charge is -2.17. The number of nitrogens with zero attached hydrogens (tertiary/aromatic N) is 3. The highest BCUT2D eigenvalue weighted by Gasteiger charge is 2.37. The third kappa shape index (κ3) is 3.08. The lowest BCUT2D eigenvalue weighted by molar-refractivity contribution is -0.137. The average molecular weight is 347 g/mol. The first-order chi connectivity index (χ1) is 10.8. The van der Waals surface area contributed by atoms with Crippen molar-refractivity contribution in [1.29, 1.82) is 0 Å². The van der Waals surface area contributed by atoms with E-state index in [1.807, 2.05) is 0 Å². The van der Waals surface area contributed by atoms with Gasteiger partial charge in [0.15, 0.2) is 5.82 Å². The molecule has 1 aliphatic heterocycles. The number of benzene rings is 1. The molecule has 0 spiro atoms. The molecule has 1 aromatic heterocycles. The lowest BCUT2D eigenvalue weighted by Crippen LogP contribution is -2.29. The minimum absolute atomic E-state index is 0.109. The van der Waals surface area contributed by atoms with Gasteiger partial charge in [-0.25, -0.2) is 8.42 Å². The molecule has 1 saturated heterocycles. The van der Waals surface area contributed by atoms with Gasteiger partial charge in [-0.15, -0.1) is 0 Å². The van der Waals surface area contributed by atoms with Crippen LogP contribution in [0.25, 0.3) is 0 Å². The van der Waals surface area contributed by atoms with Gasteiger partial charge in [0.25, 0.3) is 0 Å². The molecule has 2 aromatic rings. The number of aromatic nitrogens is 2. The van der Waals surface area contributed by atoms with E-state index in [2.05, 4.69) is 14.7 Å². The molecule has 124 valence electrons. The summed E-state index contributed by atoms with van der Waals surface area (Å²) in [6.45, 7) is 0.301. The zero-order valence-corrected chi connectivity index (χ0v) is 12.5. The molecule has 6 nitrogen and oxygen atoms in total. The molecular formula is C13H12F3N3O3S. The molecule has 0 amide bonds. The van der Waals surface area contributed by atoms with Crippen LogP contribution in [-0.2, 0) is 16.2 Å². The molecule has 1 fully saturated rings. The molecule has 0 bridgehead atoms. The van der Waals surface area contributed by atoms with E-state index in [-0.39, 0.29) is 23.9 Å². The van der Waals surface area contributed by atoms with Crippen molar-refractivity contribution < 1.29 is 26.1 Å². The predicted octanol–water partition coefficient (Wildman–Crippen LogP) is 2.27. The summed E-state index contributed by atoms with van der Waals surface area (Å²) < 4.78 is 69.1. The molecular weight excluding hydrogens is 335 g/mol. The first-order valence-corrected chi connectivity index (χ1v) is 8.16. The molecule has 10 heteroatoms.